The molecule has 0 unspecified atom stereocenters. The molecule has 4 heterocycles. The molecule has 4 aromatic heterocycles. The summed E-state index contributed by atoms with van der Waals surface area (Å²) >= 11 is 12.2. The minimum atomic E-state index is -5.17. The highest BCUT2D eigenvalue weighted by molar-refractivity contribution is 7.87. The van der Waals surface area contributed by atoms with E-state index in [0.717, 1.165) is 34.1 Å². The van der Waals surface area contributed by atoms with Crippen LogP contribution in [0.2, 0.25) is 10.3 Å². The van der Waals surface area contributed by atoms with Gasteiger partial charge >= 0.3 is 10.1 Å². The zero-order valence-electron chi connectivity index (χ0n) is 27.6. The topological polar surface area (TPSA) is 165 Å². The summed E-state index contributed by atoms with van der Waals surface area (Å²) in [6.07, 6.45) is 0. The van der Waals surface area contributed by atoms with E-state index >= 15 is 0 Å². The molecule has 0 saturated heterocycles. The van der Waals surface area contributed by atoms with E-state index in [2.05, 4.69) is 24.7 Å². The Balaban J connectivity index is 0.000000210. The van der Waals surface area contributed by atoms with E-state index in [9.17, 15) is 40.0 Å². The molecule has 0 atom stereocenters. The Labute approximate surface area is 309 Å². The Morgan fingerprint density at radius 1 is 0.648 bits per heavy atom. The zero-order chi connectivity index (χ0) is 39.2. The van der Waals surface area contributed by atoms with Crippen molar-refractivity contribution in [2.75, 3.05) is 0 Å². The van der Waals surface area contributed by atoms with Crippen LogP contribution in [0, 0.1) is 49.9 Å². The van der Waals surface area contributed by atoms with Crippen LogP contribution in [0.15, 0.2) is 72.1 Å². The van der Waals surface area contributed by atoms with E-state index in [1.165, 1.54) is 10.7 Å². The molecule has 7 aromatic rings. The Morgan fingerprint density at radius 3 is 1.56 bits per heavy atom. The van der Waals surface area contributed by atoms with Crippen LogP contribution in [-0.2, 0) is 23.2 Å². The first kappa shape index (κ1) is 38.1. The summed E-state index contributed by atoms with van der Waals surface area (Å²) in [6.45, 7) is 5.38. The van der Waals surface area contributed by atoms with Crippen molar-refractivity contribution in [1.82, 2.24) is 29.9 Å². The van der Waals surface area contributed by atoms with Crippen LogP contribution < -0.4 is 15.3 Å². The zero-order valence-corrected chi connectivity index (χ0v) is 30.0. The molecule has 21 heteroatoms. The summed E-state index contributed by atoms with van der Waals surface area (Å²) in [5.41, 5.74) is 1.26. The quantitative estimate of drug-likeness (QED) is 0.0741. The predicted molar refractivity (Wildman–Crippen MR) is 181 cm³/mol. The molecule has 7 rings (SSSR count). The third-order valence-electron chi connectivity index (χ3n) is 7.57. The van der Waals surface area contributed by atoms with Crippen LogP contribution in [-0.4, -0.2) is 38.3 Å². The molecule has 3 aromatic carbocycles. The summed E-state index contributed by atoms with van der Waals surface area (Å²) in [6, 6.07) is 11.5. The largest absolute Gasteiger partial charge is 0.372 e. The first-order chi connectivity index (χ1) is 25.4. The number of nitrogens with zero attached hydrogens (tertiary/aromatic N) is 6. The lowest BCUT2D eigenvalue weighted by atomic mass is 10.1. The van der Waals surface area contributed by atoms with Gasteiger partial charge in [-0.15, -0.1) is 0 Å². The van der Waals surface area contributed by atoms with Gasteiger partial charge in [0.05, 0.1) is 22.2 Å². The van der Waals surface area contributed by atoms with Gasteiger partial charge in [0.1, 0.15) is 18.0 Å². The van der Waals surface area contributed by atoms with Gasteiger partial charge in [-0.2, -0.15) is 27.4 Å². The van der Waals surface area contributed by atoms with Crippen molar-refractivity contribution in [2.24, 2.45) is 0 Å². The van der Waals surface area contributed by atoms with Gasteiger partial charge in [-0.3, -0.25) is 9.59 Å². The average Bonchev–Trinajstić information content (AvgIpc) is 3.75. The van der Waals surface area contributed by atoms with Crippen LogP contribution in [0.5, 0.6) is 5.75 Å². The summed E-state index contributed by atoms with van der Waals surface area (Å²) < 4.78 is 109. The number of benzene rings is 3. The highest BCUT2D eigenvalue weighted by Crippen LogP contribution is 2.32. The lowest BCUT2D eigenvalue weighted by molar-refractivity contribution is 0.346. The second-order valence-electron chi connectivity index (χ2n) is 11.6. The summed E-state index contributed by atoms with van der Waals surface area (Å²) in [7, 11) is -5.17. The van der Waals surface area contributed by atoms with Gasteiger partial charge in [-0.05, 0) is 45.0 Å². The predicted octanol–water partition coefficient (Wildman–Crippen LogP) is 6.56. The van der Waals surface area contributed by atoms with Gasteiger partial charge in [-0.1, -0.05) is 51.2 Å². The monoisotopic (exact) mass is 810 g/mol. The summed E-state index contributed by atoms with van der Waals surface area (Å²) in [4.78, 5) is 24.4. The Bertz CT molecular complexity index is 2830. The van der Waals surface area contributed by atoms with Crippen LogP contribution in [0.4, 0.5) is 22.0 Å². The van der Waals surface area contributed by atoms with Crippen molar-refractivity contribution >= 4 is 54.9 Å². The lowest BCUT2D eigenvalue weighted by Crippen LogP contribution is -2.24. The molecular formula is C33H21Cl2F5N6O7S. The van der Waals surface area contributed by atoms with Gasteiger partial charge in [0, 0.05) is 22.9 Å². The maximum absolute atomic E-state index is 13.9. The fourth-order valence-electron chi connectivity index (χ4n) is 5.05. The molecule has 0 radical (unpaired) electrons. The molecule has 280 valence electrons. The van der Waals surface area contributed by atoms with Crippen molar-refractivity contribution < 1.29 is 43.6 Å². The number of hydrogen-bond donors (Lipinski definition) is 0. The Hall–Kier alpha value is -5.66. The van der Waals surface area contributed by atoms with Crippen molar-refractivity contribution in [3.05, 3.63) is 137 Å². The Morgan fingerprint density at radius 2 is 1.09 bits per heavy atom. The van der Waals surface area contributed by atoms with Crippen molar-refractivity contribution in [1.29, 1.82) is 0 Å². The van der Waals surface area contributed by atoms with Gasteiger partial charge in [0.15, 0.2) is 21.8 Å². The number of hydrogen-bond acceptors (Lipinski definition) is 11. The van der Waals surface area contributed by atoms with E-state index in [1.54, 1.807) is 13.0 Å². The van der Waals surface area contributed by atoms with Gasteiger partial charge in [-0.25, -0.2) is 22.5 Å². The first-order valence-corrected chi connectivity index (χ1v) is 17.3. The average molecular weight is 812 g/mol. The van der Waals surface area contributed by atoms with E-state index in [0.29, 0.717) is 27.4 Å². The molecule has 0 spiro atoms. The molecule has 54 heavy (non-hydrogen) atoms. The van der Waals surface area contributed by atoms with Gasteiger partial charge < -0.3 is 13.2 Å². The fourth-order valence-corrected chi connectivity index (χ4v) is 6.52. The highest BCUT2D eigenvalue weighted by atomic mass is 35.5. The summed E-state index contributed by atoms with van der Waals surface area (Å²) in [5.74, 6) is -13.5. The van der Waals surface area contributed by atoms with E-state index in [1.807, 2.05) is 32.0 Å². The number of aromatic nitrogens is 6. The standard InChI is InChI=1S/C19H9ClF5N3O5S.C14H12ClN3O2/c1-7-4-8(32-27-7)6-28-19(29)11-5-9(2-3-10(11)18(20)26-28)34(30,31)33-17-15(24)13(22)12(21)14(23)16(17)25;1-8-3-4-11-12(5-8)14(19)18(16-13(11)15)7-10-6-9(2)17-20-10/h2-5H,6H2,1H3;3-6H,7H2,1-2H3. The van der Waals surface area contributed by atoms with Crippen molar-refractivity contribution in [3.8, 4) is 5.75 Å². The normalized spacial score (nSPS) is 11.6. The molecule has 0 aliphatic carbocycles. The minimum absolute atomic E-state index is 0.0202. The van der Waals surface area contributed by atoms with E-state index < -0.39 is 55.4 Å². The number of fused-ring (bicyclic) bond motifs is 2. The van der Waals surface area contributed by atoms with Crippen LogP contribution in [0.3, 0.4) is 0 Å². The molecule has 0 aliphatic heterocycles. The molecule has 0 fully saturated rings. The van der Waals surface area contributed by atoms with Crippen LogP contribution >= 0.6 is 23.2 Å². The molecule has 0 N–H and O–H groups in total. The molecule has 13 nitrogen and oxygen atoms in total. The second kappa shape index (κ2) is 14.6. The smallest absolute Gasteiger partial charge is 0.339 e. The highest BCUT2D eigenvalue weighted by Gasteiger charge is 2.31. The molecule has 0 bridgehead atoms. The first-order valence-electron chi connectivity index (χ1n) is 15.1. The Kier molecular flexibility index (Phi) is 10.3. The third-order valence-corrected chi connectivity index (χ3v) is 9.35. The molecular weight excluding hydrogens is 790 g/mol. The maximum atomic E-state index is 13.9. The van der Waals surface area contributed by atoms with Crippen LogP contribution in [0.1, 0.15) is 28.5 Å². The fraction of sp³-hybridized carbons (Fsp3) is 0.152. The number of halogens is 7. The maximum Gasteiger partial charge on any atom is 0.339 e. The SMILES string of the molecule is Cc1cc(Cn2nc(Cl)c3ccc(S(=O)(=O)Oc4c(F)c(F)c(F)c(F)c4F)cc3c2=O)on1.Cc1ccc2c(Cl)nn(Cc3cc(C)no3)c(=O)c2c1. The lowest BCUT2D eigenvalue weighted by Gasteiger charge is -2.11. The second-order valence-corrected chi connectivity index (χ2v) is 13.8. The van der Waals surface area contributed by atoms with Crippen LogP contribution in [0.25, 0.3) is 21.5 Å². The van der Waals surface area contributed by atoms with Crippen molar-refractivity contribution in [3.63, 3.8) is 0 Å². The summed E-state index contributed by atoms with van der Waals surface area (Å²) in [5, 5.41) is 16.5. The third kappa shape index (κ3) is 7.42. The molecule has 0 amide bonds. The molecule has 0 saturated carbocycles. The van der Waals surface area contributed by atoms with Gasteiger partial charge in [0.2, 0.25) is 34.8 Å². The van der Waals surface area contributed by atoms with Crippen molar-refractivity contribution in [2.45, 2.75) is 38.8 Å². The molecule has 0 aliphatic rings. The van der Waals surface area contributed by atoms with Gasteiger partial charge in [0.25, 0.3) is 11.1 Å². The minimum Gasteiger partial charge on any atom is -0.372 e. The van der Waals surface area contributed by atoms with E-state index in [4.69, 9.17) is 32.2 Å². The van der Waals surface area contributed by atoms with E-state index in [-0.39, 0.29) is 40.3 Å². The number of rotatable bonds is 7. The number of aryl methyl sites for hydroxylation is 3.